The van der Waals surface area contributed by atoms with Gasteiger partial charge in [0.25, 0.3) is 0 Å². The number of rotatable bonds is 12. The largest absolute Gasteiger partial charge is 0.358 e. The van der Waals surface area contributed by atoms with E-state index in [-0.39, 0.29) is 10.8 Å². The van der Waals surface area contributed by atoms with Crippen LogP contribution in [0.3, 0.4) is 0 Å². The minimum atomic E-state index is -3.77. The Labute approximate surface area is 256 Å². The van der Waals surface area contributed by atoms with Crippen LogP contribution in [0.5, 0.6) is 0 Å². The maximum absolute atomic E-state index is 13.5. The summed E-state index contributed by atoms with van der Waals surface area (Å²) in [6.07, 6.45) is 11.6. The lowest BCUT2D eigenvalue weighted by molar-refractivity contribution is -0.122. The highest BCUT2D eigenvalue weighted by Crippen LogP contribution is 2.28. The zero-order chi connectivity index (χ0) is 30.2. The van der Waals surface area contributed by atoms with Crippen molar-refractivity contribution < 1.29 is 13.2 Å². The van der Waals surface area contributed by atoms with Crippen LogP contribution < -0.4 is 21.1 Å². The van der Waals surface area contributed by atoms with Gasteiger partial charge in [-0.1, -0.05) is 68.0 Å². The van der Waals surface area contributed by atoms with E-state index in [2.05, 4.69) is 30.9 Å². The third-order valence-electron chi connectivity index (χ3n) is 7.50. The fraction of sp³-hybridized carbons (Fsp3) is 0.333. The summed E-state index contributed by atoms with van der Waals surface area (Å²) in [5.41, 5.74) is 1.78. The topological polar surface area (TPSA) is 157 Å². The number of hydrogen-bond acceptors (Lipinski definition) is 8. The third kappa shape index (κ3) is 8.76. The lowest BCUT2D eigenvalue weighted by atomic mass is 9.84. The number of nitrogens with zero attached hydrogens (tertiary/aromatic N) is 4. The third-order valence-corrected chi connectivity index (χ3v) is 8.68. The van der Waals surface area contributed by atoms with Gasteiger partial charge < -0.3 is 16.0 Å². The van der Waals surface area contributed by atoms with Crippen LogP contribution in [0.15, 0.2) is 78.2 Å². The van der Waals surface area contributed by atoms with Crippen LogP contribution in [0.1, 0.15) is 49.7 Å². The first kappa shape index (κ1) is 30.5. The average Bonchev–Trinajstić information content (AvgIpc) is 3.55. The number of nitrogens with two attached hydrogens (primary N) is 1. The summed E-state index contributed by atoms with van der Waals surface area (Å²) in [7, 11) is -3.77. The first-order valence-corrected chi connectivity index (χ1v) is 16.2. The number of nitrogens with one attached hydrogen (secondary N) is 3. The van der Waals surface area contributed by atoms with E-state index in [4.69, 9.17) is 16.7 Å². The molecule has 1 saturated carbocycles. The van der Waals surface area contributed by atoms with Gasteiger partial charge in [-0.05, 0) is 47.7 Å². The normalized spacial score (nSPS) is 14.7. The second kappa shape index (κ2) is 14.0. The molecule has 1 amide bonds. The van der Waals surface area contributed by atoms with Crippen LogP contribution in [-0.4, -0.2) is 39.9 Å². The van der Waals surface area contributed by atoms with Crippen molar-refractivity contribution in [2.45, 2.75) is 62.6 Å². The van der Waals surface area contributed by atoms with E-state index >= 15 is 0 Å². The Hall–Kier alpha value is -4.00. The fourth-order valence-corrected chi connectivity index (χ4v) is 5.81. The summed E-state index contributed by atoms with van der Waals surface area (Å²) in [6.45, 7) is 0.727. The molecule has 0 saturated heterocycles. The maximum Gasteiger partial charge on any atom is 0.242 e. The molecule has 226 valence electrons. The first-order valence-electron chi connectivity index (χ1n) is 14.2. The molecule has 5 N–H and O–H groups in total. The van der Waals surface area contributed by atoms with Gasteiger partial charge in [0.05, 0.1) is 4.90 Å². The van der Waals surface area contributed by atoms with Crippen molar-refractivity contribution in [3.8, 4) is 5.82 Å². The van der Waals surface area contributed by atoms with E-state index < -0.39 is 16.1 Å². The summed E-state index contributed by atoms with van der Waals surface area (Å²) in [5.74, 6) is 1.74. The molecule has 4 aromatic rings. The van der Waals surface area contributed by atoms with Crippen molar-refractivity contribution in [3.63, 3.8) is 0 Å². The number of carbonyl (C=O) groups excluding carboxylic acids is 1. The predicted octanol–water partition coefficient (Wildman–Crippen LogP) is 4.64. The molecular formula is C30H35ClN8O3S. The number of benzene rings is 2. The molecule has 0 aliphatic heterocycles. The van der Waals surface area contributed by atoms with Crippen molar-refractivity contribution in [1.82, 2.24) is 24.8 Å². The molecule has 11 nitrogen and oxygen atoms in total. The Balaban J connectivity index is 1.35. The Morgan fingerprint density at radius 3 is 2.37 bits per heavy atom. The van der Waals surface area contributed by atoms with Gasteiger partial charge in [-0.2, -0.15) is 9.97 Å². The second-order valence-electron chi connectivity index (χ2n) is 10.7. The minimum absolute atomic E-state index is 0.0411. The fourth-order valence-electron chi connectivity index (χ4n) is 5.17. The van der Waals surface area contributed by atoms with Crippen LogP contribution in [0, 0.1) is 5.92 Å². The van der Waals surface area contributed by atoms with Crippen molar-refractivity contribution in [2.24, 2.45) is 11.1 Å². The molecule has 2 aromatic carbocycles. The number of carbonyl (C=O) groups is 1. The van der Waals surface area contributed by atoms with E-state index in [9.17, 15) is 13.2 Å². The van der Waals surface area contributed by atoms with Gasteiger partial charge in [-0.25, -0.2) is 18.5 Å². The van der Waals surface area contributed by atoms with Crippen LogP contribution in [0.2, 0.25) is 5.02 Å². The smallest absolute Gasteiger partial charge is 0.242 e. The molecule has 1 fully saturated rings. The Morgan fingerprint density at radius 1 is 1.00 bits per heavy atom. The van der Waals surface area contributed by atoms with Crippen LogP contribution >= 0.6 is 11.6 Å². The summed E-state index contributed by atoms with van der Waals surface area (Å²) in [5, 5.41) is 15.5. The summed E-state index contributed by atoms with van der Waals surface area (Å²) in [4.78, 5) is 27.0. The van der Waals surface area contributed by atoms with Gasteiger partial charge in [0.1, 0.15) is 24.0 Å². The van der Waals surface area contributed by atoms with Crippen molar-refractivity contribution in [1.29, 1.82) is 0 Å². The molecule has 2 aromatic heterocycles. The van der Waals surface area contributed by atoms with E-state index in [0.29, 0.717) is 48.0 Å². The van der Waals surface area contributed by atoms with Gasteiger partial charge in [0.2, 0.25) is 21.9 Å². The number of anilines is 2. The monoisotopic (exact) mass is 622 g/mol. The quantitative estimate of drug-likeness (QED) is 0.178. The predicted molar refractivity (Wildman–Crippen MR) is 166 cm³/mol. The molecule has 13 heteroatoms. The number of sulfonamides is 1. The van der Waals surface area contributed by atoms with Crippen LogP contribution in [0.25, 0.3) is 5.82 Å². The van der Waals surface area contributed by atoms with Crippen molar-refractivity contribution in [2.75, 3.05) is 10.6 Å². The van der Waals surface area contributed by atoms with Gasteiger partial charge in [0.15, 0.2) is 0 Å². The van der Waals surface area contributed by atoms with Crippen LogP contribution in [-0.2, 0) is 27.9 Å². The van der Waals surface area contributed by atoms with Gasteiger partial charge in [0, 0.05) is 36.6 Å². The average molecular weight is 623 g/mol. The van der Waals surface area contributed by atoms with Crippen molar-refractivity contribution >= 4 is 39.3 Å². The number of halogens is 1. The molecule has 1 aliphatic rings. The van der Waals surface area contributed by atoms with E-state index in [1.165, 1.54) is 31.4 Å². The SMILES string of the molecule is NS(=O)(=O)c1ccc(CNc2nc(N[C@H](CC3CCCCC3)C(=O)NCc3ccc(Cl)cc3)cc(-n3ccnc3)n2)cc1. The highest BCUT2D eigenvalue weighted by Gasteiger charge is 2.25. The lowest BCUT2D eigenvalue weighted by Crippen LogP contribution is -2.41. The highest BCUT2D eigenvalue weighted by atomic mass is 35.5. The number of primary sulfonamides is 1. The standard InChI is InChI=1S/C30H35ClN8O3S/c31-24-10-6-22(7-11-24)18-34-29(40)26(16-21-4-2-1-3-5-21)36-27-17-28(39-15-14-33-20-39)38-30(37-27)35-19-23-8-12-25(13-9-23)43(32,41)42/h6-15,17,20-21,26H,1-5,16,18-19H2,(H,34,40)(H2,32,41,42)(H2,35,36,37,38)/t26-/m1/s1. The molecule has 0 spiro atoms. The second-order valence-corrected chi connectivity index (χ2v) is 12.7. The summed E-state index contributed by atoms with van der Waals surface area (Å²) >= 11 is 6.02. The molecule has 43 heavy (non-hydrogen) atoms. The van der Waals surface area contributed by atoms with Gasteiger partial charge in [-0.3, -0.25) is 9.36 Å². The molecular weight excluding hydrogens is 588 g/mol. The maximum atomic E-state index is 13.5. The molecule has 2 heterocycles. The Kier molecular flexibility index (Phi) is 9.90. The number of hydrogen-bond donors (Lipinski definition) is 4. The minimum Gasteiger partial charge on any atom is -0.358 e. The zero-order valence-corrected chi connectivity index (χ0v) is 25.2. The van der Waals surface area contributed by atoms with E-state index in [1.807, 2.05) is 24.3 Å². The molecule has 0 bridgehead atoms. The molecule has 5 rings (SSSR count). The van der Waals surface area contributed by atoms with E-state index in [1.54, 1.807) is 41.5 Å². The zero-order valence-electron chi connectivity index (χ0n) is 23.6. The van der Waals surface area contributed by atoms with E-state index in [0.717, 1.165) is 24.0 Å². The molecule has 0 unspecified atom stereocenters. The summed E-state index contributed by atoms with van der Waals surface area (Å²) in [6, 6.07) is 15.0. The first-order chi connectivity index (χ1) is 20.7. The number of imidazole rings is 1. The molecule has 1 atom stereocenters. The lowest BCUT2D eigenvalue weighted by Gasteiger charge is -2.27. The van der Waals surface area contributed by atoms with Gasteiger partial charge in [-0.15, -0.1) is 0 Å². The number of amides is 1. The summed E-state index contributed by atoms with van der Waals surface area (Å²) < 4.78 is 24.9. The highest BCUT2D eigenvalue weighted by molar-refractivity contribution is 7.89. The Bertz CT molecular complexity index is 1610. The molecule has 0 radical (unpaired) electrons. The van der Waals surface area contributed by atoms with Crippen LogP contribution in [0.4, 0.5) is 11.8 Å². The van der Waals surface area contributed by atoms with Gasteiger partial charge >= 0.3 is 0 Å². The molecule has 1 aliphatic carbocycles. The van der Waals surface area contributed by atoms with Crippen molar-refractivity contribution in [3.05, 3.63) is 89.5 Å². The Morgan fingerprint density at radius 2 is 1.70 bits per heavy atom. The number of aromatic nitrogens is 4.